The van der Waals surface area contributed by atoms with E-state index in [0.29, 0.717) is 18.1 Å². The number of allylic oxidation sites excluding steroid dienone is 1. The van der Waals surface area contributed by atoms with Gasteiger partial charge < -0.3 is 39.8 Å². The fraction of sp³-hybridized carbons (Fsp3) is 0.645. The lowest BCUT2D eigenvalue weighted by atomic mass is 9.62. The van der Waals surface area contributed by atoms with Crippen LogP contribution in [0.5, 0.6) is 0 Å². The minimum atomic E-state index is -1.48. The molecule has 2 saturated carbocycles. The van der Waals surface area contributed by atoms with Crippen LogP contribution in [-0.2, 0) is 44.7 Å². The molecule has 2 aliphatic carbocycles. The Morgan fingerprint density at radius 3 is 2.77 bits per heavy atom. The van der Waals surface area contributed by atoms with Gasteiger partial charge in [-0.05, 0) is 43.2 Å². The molecular formula is C31H39N3O10. The van der Waals surface area contributed by atoms with Crippen molar-refractivity contribution in [2.24, 2.45) is 11.3 Å². The molecule has 13 nitrogen and oxygen atoms in total. The first-order valence-electron chi connectivity index (χ1n) is 15.5. The molecular weight excluding hydrogens is 574 g/mol. The van der Waals surface area contributed by atoms with Crippen molar-refractivity contribution in [3.63, 3.8) is 0 Å². The third-order valence-corrected chi connectivity index (χ3v) is 9.93. The molecule has 4 N–H and O–H groups in total. The van der Waals surface area contributed by atoms with Gasteiger partial charge in [-0.3, -0.25) is 19.2 Å². The fourth-order valence-corrected chi connectivity index (χ4v) is 7.66. The minimum absolute atomic E-state index is 0.0348. The molecule has 6 aliphatic rings. The molecule has 44 heavy (non-hydrogen) atoms. The van der Waals surface area contributed by atoms with Gasteiger partial charge in [0.1, 0.15) is 42.7 Å². The molecule has 7 rings (SSSR count). The lowest BCUT2D eigenvalue weighted by Gasteiger charge is -2.49. The summed E-state index contributed by atoms with van der Waals surface area (Å²) in [5.74, 6) is -1.47. The Kier molecular flexibility index (Phi) is 7.98. The second kappa shape index (κ2) is 11.8. The molecule has 4 saturated heterocycles. The number of nitrogens with one attached hydrogen (secondary N) is 2. The maximum atomic E-state index is 14.3. The molecule has 11 atom stereocenters. The highest BCUT2D eigenvalue weighted by Crippen LogP contribution is 2.55. The largest absolute Gasteiger partial charge is 0.458 e. The van der Waals surface area contributed by atoms with E-state index in [1.807, 2.05) is 24.3 Å². The number of fused-ring (bicyclic) bond motifs is 5. The molecule has 3 unspecified atom stereocenters. The van der Waals surface area contributed by atoms with Crippen molar-refractivity contribution in [1.29, 1.82) is 0 Å². The zero-order valence-electron chi connectivity index (χ0n) is 24.5. The van der Waals surface area contributed by atoms with Crippen LogP contribution in [-0.4, -0.2) is 108 Å². The lowest BCUT2D eigenvalue weighted by Crippen LogP contribution is -2.71. The summed E-state index contributed by atoms with van der Waals surface area (Å²) in [4.78, 5) is 47.3. The van der Waals surface area contributed by atoms with E-state index in [9.17, 15) is 19.5 Å². The number of hydroxylamine groups is 2. The van der Waals surface area contributed by atoms with E-state index < -0.39 is 65.8 Å². The topological polar surface area (TPSA) is 168 Å². The fourth-order valence-electron chi connectivity index (χ4n) is 7.66. The van der Waals surface area contributed by atoms with E-state index in [1.165, 1.54) is 12.0 Å². The Bertz CT molecular complexity index is 1320. The van der Waals surface area contributed by atoms with Crippen molar-refractivity contribution in [2.75, 3.05) is 19.9 Å². The number of epoxide rings is 1. The van der Waals surface area contributed by atoms with Crippen LogP contribution in [0, 0.1) is 11.3 Å². The summed E-state index contributed by atoms with van der Waals surface area (Å²) < 4.78 is 23.2. The zero-order valence-corrected chi connectivity index (χ0v) is 24.5. The van der Waals surface area contributed by atoms with Gasteiger partial charge in [-0.25, -0.2) is 0 Å². The second-order valence-corrected chi connectivity index (χ2v) is 12.7. The molecule has 0 aromatic heterocycles. The third-order valence-electron chi connectivity index (χ3n) is 9.93. The number of aliphatic hydroxyl groups is 2. The molecule has 4 aliphatic heterocycles. The first-order valence-corrected chi connectivity index (χ1v) is 15.5. The van der Waals surface area contributed by atoms with Gasteiger partial charge in [0.05, 0.1) is 31.5 Å². The van der Waals surface area contributed by atoms with Crippen LogP contribution in [0.1, 0.15) is 43.7 Å². The Morgan fingerprint density at radius 2 is 1.98 bits per heavy atom. The standard InChI is InChI=1S/C31H39N3O10/c1-16(36)23(28(37)32-10-11-35)33-30(39)31-13-22-24-25(41-15-40-24)27(31)44-34(26(31)29(38)43-22)14-19-5-3-2-4-18(19)8-6-17-7-9-20-21(12-17)42-20/h2-6,8,16-17,20-27,35-36H,7,9-15H2,1H3,(H,32,37)(H,33,39)/t16-,17?,20?,21?,22+,23+,24-,25-,26-,27+,31-/m0/s1. The molecule has 2 bridgehead atoms. The summed E-state index contributed by atoms with van der Waals surface area (Å²) in [5, 5.41) is 26.2. The average molecular weight is 614 g/mol. The van der Waals surface area contributed by atoms with E-state index in [1.54, 1.807) is 0 Å². The molecule has 1 aromatic carbocycles. The van der Waals surface area contributed by atoms with Crippen LogP contribution in [0.15, 0.2) is 30.3 Å². The van der Waals surface area contributed by atoms with Crippen LogP contribution in [0.3, 0.4) is 0 Å². The first-order chi connectivity index (χ1) is 21.3. The summed E-state index contributed by atoms with van der Waals surface area (Å²) in [6.07, 6.45) is 4.20. The number of amides is 2. The van der Waals surface area contributed by atoms with Gasteiger partial charge >= 0.3 is 5.97 Å². The normalized spacial score (nSPS) is 38.4. The zero-order chi connectivity index (χ0) is 30.6. The predicted molar refractivity (Wildman–Crippen MR) is 151 cm³/mol. The minimum Gasteiger partial charge on any atom is -0.458 e. The summed E-state index contributed by atoms with van der Waals surface area (Å²) in [7, 11) is 0. The van der Waals surface area contributed by atoms with E-state index in [4.69, 9.17) is 28.9 Å². The average Bonchev–Trinajstić information content (AvgIpc) is 3.44. The quantitative estimate of drug-likeness (QED) is 0.203. The summed E-state index contributed by atoms with van der Waals surface area (Å²) >= 11 is 0. The molecule has 13 heteroatoms. The molecule has 0 spiro atoms. The van der Waals surface area contributed by atoms with Crippen molar-refractivity contribution in [1.82, 2.24) is 15.7 Å². The predicted octanol–water partition coefficient (Wildman–Crippen LogP) is -0.217. The Labute approximate surface area is 254 Å². The molecule has 238 valence electrons. The molecule has 1 aromatic rings. The van der Waals surface area contributed by atoms with Gasteiger partial charge in [0.15, 0.2) is 6.04 Å². The van der Waals surface area contributed by atoms with Crippen molar-refractivity contribution in [3.8, 4) is 0 Å². The Hall–Kier alpha value is -2.91. The number of ether oxygens (including phenoxy) is 4. The monoisotopic (exact) mass is 613 g/mol. The molecule has 0 radical (unpaired) electrons. The lowest BCUT2D eigenvalue weighted by molar-refractivity contribution is -0.201. The van der Waals surface area contributed by atoms with E-state index in [2.05, 4.69) is 22.8 Å². The summed E-state index contributed by atoms with van der Waals surface area (Å²) in [5.41, 5.74) is 0.389. The Morgan fingerprint density at radius 1 is 1.16 bits per heavy atom. The number of esters is 1. The summed E-state index contributed by atoms with van der Waals surface area (Å²) in [6.45, 7) is 1.19. The van der Waals surface area contributed by atoms with Crippen LogP contribution in [0.4, 0.5) is 0 Å². The Balaban J connectivity index is 1.18. The number of rotatable bonds is 10. The van der Waals surface area contributed by atoms with E-state index >= 15 is 0 Å². The number of carbonyl (C=O) groups excluding carboxylic acids is 3. The van der Waals surface area contributed by atoms with Crippen molar-refractivity contribution in [2.45, 2.75) is 94.0 Å². The number of nitrogens with zero attached hydrogens (tertiary/aromatic N) is 1. The van der Waals surface area contributed by atoms with Gasteiger partial charge in [-0.15, -0.1) is 0 Å². The van der Waals surface area contributed by atoms with Crippen molar-refractivity contribution < 1.29 is 48.4 Å². The van der Waals surface area contributed by atoms with Crippen molar-refractivity contribution >= 4 is 23.9 Å². The third kappa shape index (κ3) is 5.14. The highest BCUT2D eigenvalue weighted by atomic mass is 16.8. The SMILES string of the molecule is C[C@H](O)[C@@H](NC(=O)[C@@]12C[C@H]3OC(=O)[C@@H]1N(Cc1ccccc1C=CC1CCC4OC4C1)O[C@@H]2[C@H]1OCO[C@H]13)C(=O)NCCO. The van der Waals surface area contributed by atoms with E-state index in [-0.39, 0.29) is 32.9 Å². The van der Waals surface area contributed by atoms with E-state index in [0.717, 1.165) is 30.4 Å². The molecule has 6 fully saturated rings. The number of hydrogen-bond donors (Lipinski definition) is 4. The second-order valence-electron chi connectivity index (χ2n) is 12.7. The van der Waals surface area contributed by atoms with Crippen LogP contribution >= 0.6 is 0 Å². The first kappa shape index (κ1) is 29.8. The van der Waals surface area contributed by atoms with Crippen LogP contribution in [0.25, 0.3) is 6.08 Å². The van der Waals surface area contributed by atoms with Crippen LogP contribution < -0.4 is 10.6 Å². The van der Waals surface area contributed by atoms with Gasteiger partial charge in [-0.1, -0.05) is 36.4 Å². The maximum absolute atomic E-state index is 14.3. The highest BCUT2D eigenvalue weighted by Gasteiger charge is 2.74. The number of hydrogen-bond acceptors (Lipinski definition) is 11. The van der Waals surface area contributed by atoms with Gasteiger partial charge in [0.2, 0.25) is 11.8 Å². The van der Waals surface area contributed by atoms with Gasteiger partial charge in [0.25, 0.3) is 0 Å². The van der Waals surface area contributed by atoms with Gasteiger partial charge in [0, 0.05) is 13.0 Å². The van der Waals surface area contributed by atoms with Gasteiger partial charge in [-0.2, -0.15) is 5.06 Å². The smallest absolute Gasteiger partial charge is 0.327 e. The number of carbonyl (C=O) groups is 3. The molecule has 4 heterocycles. The van der Waals surface area contributed by atoms with Crippen molar-refractivity contribution in [3.05, 3.63) is 41.5 Å². The molecule has 2 amide bonds. The summed E-state index contributed by atoms with van der Waals surface area (Å²) in [6, 6.07) is 5.38. The number of benzene rings is 1. The highest BCUT2D eigenvalue weighted by molar-refractivity contribution is 5.96. The maximum Gasteiger partial charge on any atom is 0.327 e. The number of aliphatic hydroxyl groups excluding tert-OH is 2. The van der Waals surface area contributed by atoms with Crippen LogP contribution in [0.2, 0.25) is 0 Å².